The van der Waals surface area contributed by atoms with Gasteiger partial charge in [-0.25, -0.2) is 4.57 Å². The summed E-state index contributed by atoms with van der Waals surface area (Å²) in [6.07, 6.45) is -0.297. The fraction of sp³-hybridized carbons (Fsp3) is 0.278. The minimum Gasteiger partial charge on any atom is -0.462 e. The summed E-state index contributed by atoms with van der Waals surface area (Å²) in [5.74, 6) is 0.0614. The van der Waals surface area contributed by atoms with Crippen molar-refractivity contribution in [2.24, 2.45) is 0 Å². The maximum atomic E-state index is 13.5. The number of benzene rings is 2. The molecule has 0 fully saturated rings. The van der Waals surface area contributed by atoms with Gasteiger partial charge in [0.25, 0.3) is 0 Å². The van der Waals surface area contributed by atoms with Gasteiger partial charge in [-0.3, -0.25) is 4.79 Å². The Morgan fingerprint density at radius 1 is 0.963 bits per heavy atom. The van der Waals surface area contributed by atoms with E-state index in [-0.39, 0.29) is 11.9 Å². The molecule has 2 rings (SSSR count). The maximum Gasteiger partial charge on any atom is 0.513 e. The minimum absolute atomic E-state index is 0.286. The normalized spacial score (nSPS) is 14.3. The molecule has 0 aliphatic heterocycles. The number of halogens is 2. The van der Waals surface area contributed by atoms with E-state index in [0.717, 1.165) is 0 Å². The number of carbonyl (C=O) groups excluding carboxylic acids is 1. The summed E-state index contributed by atoms with van der Waals surface area (Å²) < 4.78 is 31.1. The van der Waals surface area contributed by atoms with Gasteiger partial charge < -0.3 is 13.8 Å². The van der Waals surface area contributed by atoms with Gasteiger partial charge in [-0.15, -0.1) is 0 Å². The fourth-order valence-corrected chi connectivity index (χ4v) is 4.97. The molecule has 6 nitrogen and oxygen atoms in total. The second-order valence-electron chi connectivity index (χ2n) is 5.88. The van der Waals surface area contributed by atoms with Gasteiger partial charge in [-0.2, -0.15) is 5.09 Å². The second kappa shape index (κ2) is 9.73. The van der Waals surface area contributed by atoms with Crippen molar-refractivity contribution in [3.05, 3.63) is 57.5 Å². The molecule has 0 spiro atoms. The lowest BCUT2D eigenvalue weighted by Crippen LogP contribution is -2.36. The summed E-state index contributed by atoms with van der Waals surface area (Å²) in [4.78, 5) is 12.1. The van der Waals surface area contributed by atoms with Crippen LogP contribution in [0.5, 0.6) is 11.5 Å². The zero-order valence-corrected chi connectivity index (χ0v) is 19.1. The van der Waals surface area contributed by atoms with Crippen LogP contribution in [-0.2, 0) is 14.1 Å². The van der Waals surface area contributed by atoms with Crippen molar-refractivity contribution in [1.82, 2.24) is 5.09 Å². The molecule has 2 aromatic rings. The molecule has 0 aromatic heterocycles. The first-order chi connectivity index (χ1) is 12.7. The number of esters is 1. The average molecular weight is 521 g/mol. The number of para-hydroxylation sites is 2. The van der Waals surface area contributed by atoms with Crippen LogP contribution in [0.2, 0.25) is 0 Å². The highest BCUT2D eigenvalue weighted by Crippen LogP contribution is 2.49. The number of hydrogen-bond donors (Lipinski definition) is 1. The van der Waals surface area contributed by atoms with Gasteiger partial charge in [0.05, 0.1) is 15.0 Å². The molecule has 0 bridgehead atoms. The van der Waals surface area contributed by atoms with Crippen LogP contribution in [0.1, 0.15) is 20.8 Å². The molecule has 1 unspecified atom stereocenters. The van der Waals surface area contributed by atoms with E-state index >= 15 is 0 Å². The van der Waals surface area contributed by atoms with Gasteiger partial charge >= 0.3 is 13.7 Å². The zero-order valence-electron chi connectivity index (χ0n) is 15.0. The highest BCUT2D eigenvalue weighted by Gasteiger charge is 2.35. The van der Waals surface area contributed by atoms with E-state index in [1.54, 1.807) is 62.4 Å². The molecule has 27 heavy (non-hydrogen) atoms. The van der Waals surface area contributed by atoms with Crippen LogP contribution in [0, 0.1) is 0 Å². The molecule has 0 saturated heterocycles. The SMILES string of the molecule is CC(C)OC(=O)[C@H](C)NP(=O)(Oc1ccccc1)Oc1c(Br)cccc1Br. The first kappa shape index (κ1) is 22.0. The molecule has 9 heteroatoms. The number of rotatable bonds is 8. The van der Waals surface area contributed by atoms with E-state index in [1.165, 1.54) is 6.92 Å². The highest BCUT2D eigenvalue weighted by molar-refractivity contribution is 9.11. The van der Waals surface area contributed by atoms with E-state index in [2.05, 4.69) is 36.9 Å². The van der Waals surface area contributed by atoms with Crippen LogP contribution in [0.3, 0.4) is 0 Å². The Morgan fingerprint density at radius 2 is 1.56 bits per heavy atom. The number of nitrogens with one attached hydrogen (secondary N) is 1. The summed E-state index contributed by atoms with van der Waals surface area (Å²) in [7, 11) is -3.98. The van der Waals surface area contributed by atoms with E-state index in [4.69, 9.17) is 13.8 Å². The Labute approximate surface area is 175 Å². The standard InChI is InChI=1S/C18H20Br2NO5P/c1-12(2)24-18(22)13(3)21-27(23,25-14-8-5-4-6-9-14)26-17-15(19)10-7-11-16(17)20/h4-13H,1-3H3,(H,21,23)/t13-,27?/m0/s1. The van der Waals surface area contributed by atoms with Crippen molar-refractivity contribution in [2.75, 3.05) is 0 Å². The largest absolute Gasteiger partial charge is 0.513 e. The average Bonchev–Trinajstić information content (AvgIpc) is 2.58. The van der Waals surface area contributed by atoms with Crippen LogP contribution in [0.15, 0.2) is 57.5 Å². The van der Waals surface area contributed by atoms with Crippen LogP contribution in [0.25, 0.3) is 0 Å². The Bertz CT molecular complexity index is 812. The van der Waals surface area contributed by atoms with E-state index < -0.39 is 19.8 Å². The van der Waals surface area contributed by atoms with E-state index in [9.17, 15) is 9.36 Å². The third-order valence-electron chi connectivity index (χ3n) is 3.16. The quantitative estimate of drug-likeness (QED) is 0.355. The highest BCUT2D eigenvalue weighted by atomic mass is 79.9. The number of carbonyl (C=O) groups is 1. The monoisotopic (exact) mass is 519 g/mol. The van der Waals surface area contributed by atoms with Crippen LogP contribution in [-0.4, -0.2) is 18.1 Å². The summed E-state index contributed by atoms with van der Waals surface area (Å²) in [6, 6.07) is 12.9. The fourth-order valence-electron chi connectivity index (χ4n) is 2.01. The Kier molecular flexibility index (Phi) is 7.91. The summed E-state index contributed by atoms with van der Waals surface area (Å²) in [5, 5.41) is 2.64. The van der Waals surface area contributed by atoms with Gasteiger partial charge in [0.2, 0.25) is 0 Å². The number of hydrogen-bond acceptors (Lipinski definition) is 5. The van der Waals surface area contributed by atoms with E-state index in [0.29, 0.717) is 14.7 Å². The molecule has 146 valence electrons. The Hall–Kier alpha value is -1.34. The molecule has 0 saturated carbocycles. The van der Waals surface area contributed by atoms with Crippen molar-refractivity contribution in [1.29, 1.82) is 0 Å². The first-order valence-corrected chi connectivity index (χ1v) is 11.3. The lowest BCUT2D eigenvalue weighted by atomic mass is 10.3. The smallest absolute Gasteiger partial charge is 0.462 e. The summed E-state index contributed by atoms with van der Waals surface area (Å²) in [5.41, 5.74) is 0. The maximum absolute atomic E-state index is 13.5. The molecule has 0 aliphatic rings. The van der Waals surface area contributed by atoms with Crippen LogP contribution >= 0.6 is 39.6 Å². The first-order valence-electron chi connectivity index (χ1n) is 8.17. The van der Waals surface area contributed by atoms with Crippen LogP contribution < -0.4 is 14.1 Å². The third-order valence-corrected chi connectivity index (χ3v) is 5.98. The second-order valence-corrected chi connectivity index (χ2v) is 9.21. The number of ether oxygens (including phenoxy) is 1. The van der Waals surface area contributed by atoms with Crippen molar-refractivity contribution >= 4 is 45.6 Å². The molecular weight excluding hydrogens is 501 g/mol. The molecule has 2 aromatic carbocycles. The summed E-state index contributed by atoms with van der Waals surface area (Å²) >= 11 is 6.72. The van der Waals surface area contributed by atoms with Gasteiger partial charge in [0.1, 0.15) is 11.8 Å². The molecule has 0 amide bonds. The topological polar surface area (TPSA) is 73.9 Å². The molecule has 0 aliphatic carbocycles. The molecule has 1 N–H and O–H groups in total. The zero-order chi connectivity index (χ0) is 20.0. The molecule has 0 radical (unpaired) electrons. The molecular formula is C18H20Br2NO5P. The van der Waals surface area contributed by atoms with Crippen molar-refractivity contribution in [3.8, 4) is 11.5 Å². The Morgan fingerprint density at radius 3 is 2.11 bits per heavy atom. The summed E-state index contributed by atoms with van der Waals surface area (Å²) in [6.45, 7) is 5.00. The molecule has 0 heterocycles. The molecule has 2 atom stereocenters. The van der Waals surface area contributed by atoms with Gasteiger partial charge in [0, 0.05) is 0 Å². The lowest BCUT2D eigenvalue weighted by molar-refractivity contribution is -0.149. The van der Waals surface area contributed by atoms with Gasteiger partial charge in [-0.1, -0.05) is 24.3 Å². The van der Waals surface area contributed by atoms with E-state index in [1.807, 2.05) is 0 Å². The van der Waals surface area contributed by atoms with Crippen molar-refractivity contribution in [3.63, 3.8) is 0 Å². The van der Waals surface area contributed by atoms with Crippen molar-refractivity contribution < 1.29 is 23.1 Å². The lowest BCUT2D eigenvalue weighted by Gasteiger charge is -2.24. The van der Waals surface area contributed by atoms with Gasteiger partial charge in [-0.05, 0) is 76.9 Å². The third kappa shape index (κ3) is 6.64. The van der Waals surface area contributed by atoms with Crippen LogP contribution in [0.4, 0.5) is 0 Å². The van der Waals surface area contributed by atoms with Crippen molar-refractivity contribution in [2.45, 2.75) is 32.9 Å². The minimum atomic E-state index is -3.98. The predicted octanol–water partition coefficient (Wildman–Crippen LogP) is 5.71. The predicted molar refractivity (Wildman–Crippen MR) is 111 cm³/mol. The Balaban J connectivity index is 2.30. The van der Waals surface area contributed by atoms with Gasteiger partial charge in [0.15, 0.2) is 5.75 Å².